The molecule has 2 heteroatoms. The Morgan fingerprint density at radius 1 is 0.515 bits per heavy atom. The molecule has 0 aliphatic heterocycles. The molecular formula is C31H30Si2. The summed E-state index contributed by atoms with van der Waals surface area (Å²) in [6, 6.07) is 43.0. The smallest absolute Gasteiger partial charge is 0.0842 e. The Balaban J connectivity index is 1.54. The molecule has 2 unspecified atom stereocenters. The summed E-state index contributed by atoms with van der Waals surface area (Å²) in [5.41, 5.74) is 0. The summed E-state index contributed by atoms with van der Waals surface area (Å²) in [6.45, 7) is 2.30. The zero-order valence-electron chi connectivity index (χ0n) is 19.1. The zero-order valence-corrected chi connectivity index (χ0v) is 21.5. The highest BCUT2D eigenvalue weighted by Gasteiger charge is 2.23. The summed E-state index contributed by atoms with van der Waals surface area (Å²) < 4.78 is 0. The Morgan fingerprint density at radius 3 is 1.33 bits per heavy atom. The minimum absolute atomic E-state index is 0.644. The van der Waals surface area contributed by atoms with Crippen molar-refractivity contribution in [1.82, 2.24) is 0 Å². The molecule has 0 heterocycles. The van der Waals surface area contributed by atoms with Gasteiger partial charge in [-0.05, 0) is 12.3 Å². The number of benzene rings is 4. The number of hydrogen-bond acceptors (Lipinski definition) is 0. The molecule has 4 aromatic carbocycles. The maximum atomic E-state index is 2.49. The Labute approximate surface area is 201 Å². The quantitative estimate of drug-likeness (QED) is 0.307. The van der Waals surface area contributed by atoms with Gasteiger partial charge in [0, 0.05) is 0 Å². The molecular weight excluding hydrogens is 429 g/mol. The van der Waals surface area contributed by atoms with Crippen LogP contribution in [0.3, 0.4) is 0 Å². The molecule has 0 spiro atoms. The van der Waals surface area contributed by atoms with Crippen LogP contribution >= 0.6 is 0 Å². The van der Waals surface area contributed by atoms with Gasteiger partial charge < -0.3 is 0 Å². The third kappa shape index (κ3) is 4.92. The van der Waals surface area contributed by atoms with Crippen LogP contribution in [0.15, 0.2) is 139 Å². The van der Waals surface area contributed by atoms with Crippen LogP contribution in [0.5, 0.6) is 0 Å². The van der Waals surface area contributed by atoms with Crippen LogP contribution in [0, 0.1) is 5.92 Å². The molecule has 0 saturated heterocycles. The number of rotatable bonds is 6. The average Bonchev–Trinajstić information content (AvgIpc) is 2.88. The van der Waals surface area contributed by atoms with E-state index in [9.17, 15) is 0 Å². The van der Waals surface area contributed by atoms with Gasteiger partial charge in [-0.15, -0.1) is 0 Å². The minimum atomic E-state index is -1.49. The van der Waals surface area contributed by atoms with Gasteiger partial charge in [-0.25, -0.2) is 0 Å². The molecule has 1 aliphatic rings. The summed E-state index contributed by atoms with van der Waals surface area (Å²) in [6.07, 6.45) is 8.43. The summed E-state index contributed by atoms with van der Waals surface area (Å²) in [5.74, 6) is 0.644. The van der Waals surface area contributed by atoms with Crippen molar-refractivity contribution in [2.75, 3.05) is 0 Å². The monoisotopic (exact) mass is 458 g/mol. The molecule has 0 amide bonds. The predicted molar refractivity (Wildman–Crippen MR) is 149 cm³/mol. The summed E-state index contributed by atoms with van der Waals surface area (Å²) in [5, 5.41) is 8.98. The second-order valence-electron chi connectivity index (χ2n) is 9.04. The minimum Gasteiger partial charge on any atom is -0.0842 e. The molecule has 0 fully saturated rings. The van der Waals surface area contributed by atoms with Gasteiger partial charge >= 0.3 is 0 Å². The first-order chi connectivity index (χ1) is 16.3. The normalized spacial score (nSPS) is 16.4. The van der Waals surface area contributed by atoms with Gasteiger partial charge in [0.2, 0.25) is 0 Å². The maximum Gasteiger partial charge on any atom is 0.132 e. The van der Waals surface area contributed by atoms with Crippen LogP contribution in [0.25, 0.3) is 0 Å². The molecule has 162 valence electrons. The summed E-state index contributed by atoms with van der Waals surface area (Å²) in [7, 11) is -2.96. The topological polar surface area (TPSA) is 0 Å². The van der Waals surface area contributed by atoms with E-state index >= 15 is 0 Å². The zero-order chi connectivity index (χ0) is 22.5. The fourth-order valence-electron chi connectivity index (χ4n) is 4.93. The van der Waals surface area contributed by atoms with E-state index in [1.165, 1.54) is 25.9 Å². The number of allylic oxidation sites excluding steroid dienone is 4. The van der Waals surface area contributed by atoms with Gasteiger partial charge in [0.25, 0.3) is 0 Å². The van der Waals surface area contributed by atoms with E-state index in [-0.39, 0.29) is 0 Å². The van der Waals surface area contributed by atoms with E-state index in [4.69, 9.17) is 0 Å². The molecule has 2 atom stereocenters. The Hall–Kier alpha value is -3.21. The summed E-state index contributed by atoms with van der Waals surface area (Å²) in [4.78, 5) is 0. The number of hydrogen-bond donors (Lipinski definition) is 0. The molecule has 0 nitrogen and oxygen atoms in total. The SMILES string of the molecule is CC1C=CC([SiH](c2ccccc2)c2ccc([SiH](c3ccccc3)c3ccccc3)cc2)=CC1. The van der Waals surface area contributed by atoms with Crippen molar-refractivity contribution in [2.45, 2.75) is 13.3 Å². The predicted octanol–water partition coefficient (Wildman–Crippen LogP) is 3.34. The lowest BCUT2D eigenvalue weighted by Crippen LogP contribution is -2.52. The van der Waals surface area contributed by atoms with E-state index in [2.05, 4.69) is 140 Å². The van der Waals surface area contributed by atoms with Crippen molar-refractivity contribution in [1.29, 1.82) is 0 Å². The van der Waals surface area contributed by atoms with Crippen molar-refractivity contribution >= 4 is 43.5 Å². The van der Waals surface area contributed by atoms with Crippen LogP contribution in [-0.4, -0.2) is 17.6 Å². The highest BCUT2D eigenvalue weighted by atomic mass is 28.3. The van der Waals surface area contributed by atoms with Gasteiger partial charge in [0.15, 0.2) is 0 Å². The molecule has 4 aromatic rings. The first kappa shape index (κ1) is 21.6. The second-order valence-corrected chi connectivity index (χ2v) is 14.8. The molecule has 0 N–H and O–H groups in total. The van der Waals surface area contributed by atoms with E-state index in [1.807, 2.05) is 0 Å². The Morgan fingerprint density at radius 2 is 0.909 bits per heavy atom. The van der Waals surface area contributed by atoms with Gasteiger partial charge in [0.05, 0.1) is 0 Å². The van der Waals surface area contributed by atoms with Crippen molar-refractivity contribution in [3.8, 4) is 0 Å². The molecule has 0 radical (unpaired) electrons. The maximum absolute atomic E-state index is 2.49. The van der Waals surface area contributed by atoms with Crippen molar-refractivity contribution < 1.29 is 0 Å². The van der Waals surface area contributed by atoms with E-state index in [0.717, 1.165) is 6.42 Å². The third-order valence-corrected chi connectivity index (χ3v) is 13.0. The molecule has 1 aliphatic carbocycles. The highest BCUT2D eigenvalue weighted by Crippen LogP contribution is 2.18. The Bertz CT molecular complexity index is 1190. The molecule has 0 bridgehead atoms. The van der Waals surface area contributed by atoms with Gasteiger partial charge in [-0.3, -0.25) is 0 Å². The van der Waals surface area contributed by atoms with E-state index in [0.29, 0.717) is 5.92 Å². The van der Waals surface area contributed by atoms with Crippen LogP contribution in [0.1, 0.15) is 13.3 Å². The standard InChI is InChI=1S/C31H30Si2/c1-25-17-19-29(20-18-25)33(28-15-9-4-10-16-28)31-23-21-30(22-24-31)32(26-11-5-2-6-12-26)27-13-7-3-8-14-27/h2-17,19-25,32-33H,18H2,1H3. The first-order valence-electron chi connectivity index (χ1n) is 11.9. The molecule has 0 aromatic heterocycles. The van der Waals surface area contributed by atoms with Gasteiger partial charge in [0.1, 0.15) is 17.6 Å². The molecule has 33 heavy (non-hydrogen) atoms. The molecule has 5 rings (SSSR count). The van der Waals surface area contributed by atoms with E-state index < -0.39 is 17.6 Å². The van der Waals surface area contributed by atoms with Gasteiger partial charge in [-0.2, -0.15) is 0 Å². The third-order valence-electron chi connectivity index (χ3n) is 6.68. The van der Waals surface area contributed by atoms with Crippen LogP contribution in [-0.2, 0) is 0 Å². The van der Waals surface area contributed by atoms with Crippen molar-refractivity contribution in [2.24, 2.45) is 5.92 Å². The lowest BCUT2D eigenvalue weighted by Gasteiger charge is -2.23. The fraction of sp³-hybridized carbons (Fsp3) is 0.0968. The first-order valence-corrected chi connectivity index (χ1v) is 15.4. The average molecular weight is 459 g/mol. The van der Waals surface area contributed by atoms with Crippen LogP contribution in [0.4, 0.5) is 0 Å². The largest absolute Gasteiger partial charge is 0.132 e. The second kappa shape index (κ2) is 10.2. The van der Waals surface area contributed by atoms with Gasteiger partial charge in [-0.1, -0.05) is 172 Å². The molecule has 0 saturated carbocycles. The Kier molecular flexibility index (Phi) is 6.66. The van der Waals surface area contributed by atoms with Crippen LogP contribution in [0.2, 0.25) is 0 Å². The lowest BCUT2D eigenvalue weighted by molar-refractivity contribution is 0.735. The van der Waals surface area contributed by atoms with Crippen LogP contribution < -0.4 is 25.9 Å². The van der Waals surface area contributed by atoms with Crippen molar-refractivity contribution in [3.05, 3.63) is 139 Å². The lowest BCUT2D eigenvalue weighted by atomic mass is 10.0. The van der Waals surface area contributed by atoms with E-state index in [1.54, 1.807) is 5.20 Å². The van der Waals surface area contributed by atoms with Crippen molar-refractivity contribution in [3.63, 3.8) is 0 Å². The fourth-order valence-corrected chi connectivity index (χ4v) is 10.9. The highest BCUT2D eigenvalue weighted by molar-refractivity contribution is 6.96. The summed E-state index contributed by atoms with van der Waals surface area (Å²) >= 11 is 0.